The summed E-state index contributed by atoms with van der Waals surface area (Å²) in [5, 5.41) is 9.27. The summed E-state index contributed by atoms with van der Waals surface area (Å²) in [7, 11) is 0. The highest BCUT2D eigenvalue weighted by Gasteiger charge is 2.30. The van der Waals surface area contributed by atoms with E-state index in [2.05, 4.69) is 22.3 Å². The van der Waals surface area contributed by atoms with Crippen LogP contribution in [-0.4, -0.2) is 38.7 Å². The minimum Gasteiger partial charge on any atom is -0.461 e. The van der Waals surface area contributed by atoms with Crippen LogP contribution in [0.4, 0.5) is 0 Å². The van der Waals surface area contributed by atoms with Crippen molar-refractivity contribution >= 4 is 17.7 Å². The molecule has 0 unspecified atom stereocenters. The molecule has 0 saturated carbocycles. The normalized spacial score (nSPS) is 14.8. The predicted molar refractivity (Wildman–Crippen MR) is 129 cm³/mol. The van der Waals surface area contributed by atoms with Crippen LogP contribution in [0.5, 0.6) is 0 Å². The van der Waals surface area contributed by atoms with Crippen molar-refractivity contribution in [2.45, 2.75) is 36.2 Å². The van der Waals surface area contributed by atoms with Gasteiger partial charge in [0.15, 0.2) is 10.9 Å². The summed E-state index contributed by atoms with van der Waals surface area (Å²) >= 11 is 1.46. The average molecular weight is 459 g/mol. The lowest BCUT2D eigenvalue weighted by atomic mass is 10.1. The molecular weight excluding hydrogens is 432 g/mol. The molecule has 4 aromatic rings. The molecule has 1 atom stereocenters. The largest absolute Gasteiger partial charge is 0.461 e. The van der Waals surface area contributed by atoms with Crippen molar-refractivity contribution in [2.24, 2.45) is 0 Å². The number of hydrogen-bond donors (Lipinski definition) is 0. The van der Waals surface area contributed by atoms with Gasteiger partial charge in [-0.2, -0.15) is 0 Å². The maximum atomic E-state index is 13.6. The van der Waals surface area contributed by atoms with E-state index in [-0.39, 0.29) is 11.2 Å². The van der Waals surface area contributed by atoms with Crippen LogP contribution in [0.3, 0.4) is 0 Å². The highest BCUT2D eigenvalue weighted by Crippen LogP contribution is 2.38. The molecule has 0 spiro atoms. The fourth-order valence-electron chi connectivity index (χ4n) is 4.15. The molecule has 3 heterocycles. The Kier molecular flexibility index (Phi) is 6.58. The Morgan fingerprint density at radius 2 is 1.64 bits per heavy atom. The molecule has 2 aromatic carbocycles. The van der Waals surface area contributed by atoms with Crippen molar-refractivity contribution < 1.29 is 9.21 Å². The third kappa shape index (κ3) is 4.88. The third-order valence-corrected chi connectivity index (χ3v) is 7.08. The molecule has 1 aliphatic rings. The van der Waals surface area contributed by atoms with Gasteiger partial charge in [0.1, 0.15) is 5.25 Å². The number of likely N-dealkylation sites (tertiary alicyclic amines) is 1. The standard InChI is InChI=1S/C26H26N4O2S/c31-25(29-16-8-3-9-17-29)23(21-13-6-2-7-14-21)33-26-28-27-24(22-15-10-18-32-22)30(26)19-20-11-4-1-5-12-20/h1-2,4-7,10-15,18,23H,3,8-9,16-17,19H2/t23-/m0/s1. The summed E-state index contributed by atoms with van der Waals surface area (Å²) in [4.78, 5) is 15.6. The topological polar surface area (TPSA) is 64.2 Å². The van der Waals surface area contributed by atoms with Gasteiger partial charge in [-0.05, 0) is 42.5 Å². The zero-order chi connectivity index (χ0) is 22.5. The predicted octanol–water partition coefficient (Wildman–Crippen LogP) is 5.43. The Balaban J connectivity index is 1.51. The molecule has 5 rings (SSSR count). The number of furan rings is 1. The number of piperidine rings is 1. The third-order valence-electron chi connectivity index (χ3n) is 5.86. The first-order chi connectivity index (χ1) is 16.3. The molecule has 0 N–H and O–H groups in total. The summed E-state index contributed by atoms with van der Waals surface area (Å²) in [5.74, 6) is 1.45. The van der Waals surface area contributed by atoms with Gasteiger partial charge in [0.2, 0.25) is 11.7 Å². The average Bonchev–Trinajstić information content (AvgIpc) is 3.54. The van der Waals surface area contributed by atoms with Crippen molar-refractivity contribution in [1.29, 1.82) is 0 Å². The number of carbonyl (C=O) groups excluding carboxylic acids is 1. The van der Waals surface area contributed by atoms with Gasteiger partial charge in [-0.25, -0.2) is 0 Å². The van der Waals surface area contributed by atoms with Crippen LogP contribution < -0.4 is 0 Å². The van der Waals surface area contributed by atoms with Crippen LogP contribution in [0.2, 0.25) is 0 Å². The van der Waals surface area contributed by atoms with Crippen molar-refractivity contribution in [2.75, 3.05) is 13.1 Å². The monoisotopic (exact) mass is 458 g/mol. The fourth-order valence-corrected chi connectivity index (χ4v) is 5.27. The Labute approximate surface area is 197 Å². The molecule has 33 heavy (non-hydrogen) atoms. The lowest BCUT2D eigenvalue weighted by Crippen LogP contribution is -2.38. The molecule has 2 aromatic heterocycles. The van der Waals surface area contributed by atoms with Crippen LogP contribution in [0, 0.1) is 0 Å². The van der Waals surface area contributed by atoms with Gasteiger partial charge in [0.25, 0.3) is 0 Å². The first-order valence-electron chi connectivity index (χ1n) is 11.3. The van der Waals surface area contributed by atoms with Gasteiger partial charge in [0.05, 0.1) is 12.8 Å². The van der Waals surface area contributed by atoms with Crippen LogP contribution >= 0.6 is 11.8 Å². The van der Waals surface area contributed by atoms with Crippen LogP contribution in [0.25, 0.3) is 11.6 Å². The minimum absolute atomic E-state index is 0.139. The molecule has 1 amide bonds. The summed E-state index contributed by atoms with van der Waals surface area (Å²) in [5.41, 5.74) is 2.11. The molecule has 6 nitrogen and oxygen atoms in total. The second kappa shape index (κ2) is 10.1. The van der Waals surface area contributed by atoms with Gasteiger partial charge >= 0.3 is 0 Å². The zero-order valence-electron chi connectivity index (χ0n) is 18.3. The SMILES string of the molecule is O=C([C@@H](Sc1nnc(-c2ccco2)n1Cc1ccccc1)c1ccccc1)N1CCCCC1. The van der Waals surface area contributed by atoms with Gasteiger partial charge in [-0.3, -0.25) is 9.36 Å². The molecule has 7 heteroatoms. The van der Waals surface area contributed by atoms with E-state index in [4.69, 9.17) is 4.42 Å². The van der Waals surface area contributed by atoms with Crippen molar-refractivity contribution in [3.8, 4) is 11.6 Å². The van der Waals surface area contributed by atoms with Gasteiger partial charge in [-0.15, -0.1) is 10.2 Å². The Bertz CT molecular complexity index is 1170. The number of amides is 1. The minimum atomic E-state index is -0.382. The highest BCUT2D eigenvalue weighted by molar-refractivity contribution is 8.00. The maximum Gasteiger partial charge on any atom is 0.240 e. The second-order valence-corrected chi connectivity index (χ2v) is 9.22. The molecular formula is C26H26N4O2S. The second-order valence-electron chi connectivity index (χ2n) is 8.15. The number of nitrogens with zero attached hydrogens (tertiary/aromatic N) is 4. The van der Waals surface area contributed by atoms with Gasteiger partial charge in [0, 0.05) is 13.1 Å². The van der Waals surface area contributed by atoms with E-state index in [9.17, 15) is 4.79 Å². The summed E-state index contributed by atoms with van der Waals surface area (Å²) in [6, 6.07) is 23.9. The van der Waals surface area contributed by atoms with Gasteiger partial charge in [-0.1, -0.05) is 72.4 Å². The highest BCUT2D eigenvalue weighted by atomic mass is 32.2. The van der Waals surface area contributed by atoms with E-state index >= 15 is 0 Å². The molecule has 0 aliphatic carbocycles. The van der Waals surface area contributed by atoms with E-state index in [1.807, 2.05) is 70.1 Å². The first-order valence-corrected chi connectivity index (χ1v) is 12.2. The number of hydrogen-bond acceptors (Lipinski definition) is 5. The number of aromatic nitrogens is 3. The molecule has 1 saturated heterocycles. The van der Waals surface area contributed by atoms with Crippen LogP contribution in [-0.2, 0) is 11.3 Å². The van der Waals surface area contributed by atoms with E-state index < -0.39 is 0 Å². The Morgan fingerprint density at radius 3 is 2.33 bits per heavy atom. The maximum absolute atomic E-state index is 13.6. The molecule has 1 aliphatic heterocycles. The fraction of sp³-hybridized carbons (Fsp3) is 0.269. The van der Waals surface area contributed by atoms with Crippen molar-refractivity contribution in [3.05, 3.63) is 90.2 Å². The summed E-state index contributed by atoms with van der Waals surface area (Å²) < 4.78 is 7.68. The lowest BCUT2D eigenvalue weighted by Gasteiger charge is -2.30. The van der Waals surface area contributed by atoms with E-state index in [1.54, 1.807) is 6.26 Å². The van der Waals surface area contributed by atoms with E-state index in [1.165, 1.54) is 18.2 Å². The number of rotatable bonds is 7. The molecule has 0 bridgehead atoms. The molecule has 0 radical (unpaired) electrons. The Hall–Kier alpha value is -3.32. The van der Waals surface area contributed by atoms with Crippen LogP contribution in [0.1, 0.15) is 35.6 Å². The summed E-state index contributed by atoms with van der Waals surface area (Å²) in [6.45, 7) is 2.22. The van der Waals surface area contributed by atoms with Crippen molar-refractivity contribution in [3.63, 3.8) is 0 Å². The molecule has 1 fully saturated rings. The number of benzene rings is 2. The first kappa shape index (κ1) is 21.5. The number of carbonyl (C=O) groups is 1. The van der Waals surface area contributed by atoms with Gasteiger partial charge < -0.3 is 9.32 Å². The Morgan fingerprint density at radius 1 is 0.909 bits per heavy atom. The zero-order valence-corrected chi connectivity index (χ0v) is 19.2. The number of thioether (sulfide) groups is 1. The summed E-state index contributed by atoms with van der Waals surface area (Å²) in [6.07, 6.45) is 4.94. The smallest absolute Gasteiger partial charge is 0.240 e. The molecule has 168 valence electrons. The van der Waals surface area contributed by atoms with E-state index in [0.717, 1.165) is 37.1 Å². The van der Waals surface area contributed by atoms with Crippen LogP contribution in [0.15, 0.2) is 88.6 Å². The van der Waals surface area contributed by atoms with E-state index in [0.29, 0.717) is 23.3 Å². The van der Waals surface area contributed by atoms with Crippen molar-refractivity contribution in [1.82, 2.24) is 19.7 Å². The lowest BCUT2D eigenvalue weighted by molar-refractivity contribution is -0.131. The quantitative estimate of drug-likeness (QED) is 0.346.